The Bertz CT molecular complexity index is 1790. The fourth-order valence-electron chi connectivity index (χ4n) is 4.20. The molecule has 0 fully saturated rings. The number of aromatic carboxylic acids is 2. The summed E-state index contributed by atoms with van der Waals surface area (Å²) in [6.07, 6.45) is 9.74. The third kappa shape index (κ3) is 7.19. The van der Waals surface area contributed by atoms with Crippen molar-refractivity contribution in [2.75, 3.05) is 14.2 Å². The average molecular weight is 579 g/mol. The van der Waals surface area contributed by atoms with Gasteiger partial charge in [-0.1, -0.05) is 24.3 Å². The number of pyridine rings is 2. The minimum Gasteiger partial charge on any atom is -0.508 e. The topological polar surface area (TPSA) is 156 Å². The zero-order chi connectivity index (χ0) is 30.9. The maximum absolute atomic E-state index is 12.5. The monoisotopic (exact) mass is 578 g/mol. The summed E-state index contributed by atoms with van der Waals surface area (Å²) in [4.78, 5) is 44.0. The Morgan fingerprint density at radius 2 is 1.14 bits per heavy atom. The van der Waals surface area contributed by atoms with E-state index in [0.717, 1.165) is 6.08 Å². The highest BCUT2D eigenvalue weighted by Crippen LogP contribution is 2.33. The van der Waals surface area contributed by atoms with Crippen LogP contribution in [0.25, 0.3) is 34.7 Å². The van der Waals surface area contributed by atoms with Gasteiger partial charge in [0.2, 0.25) is 0 Å². The Balaban J connectivity index is 1.49. The minimum atomic E-state index is -1.12. The Labute approximate surface area is 246 Å². The second kappa shape index (κ2) is 13.6. The van der Waals surface area contributed by atoms with Gasteiger partial charge >= 0.3 is 11.9 Å². The van der Waals surface area contributed by atoms with Crippen LogP contribution in [0.5, 0.6) is 11.5 Å². The largest absolute Gasteiger partial charge is 0.508 e. The first-order chi connectivity index (χ1) is 20.7. The number of carboxylic acid groups (broad SMARTS) is 2. The molecule has 2 aromatic carbocycles. The molecule has 0 radical (unpaired) electrons. The summed E-state index contributed by atoms with van der Waals surface area (Å²) < 4.78 is 10.9. The second-order valence-electron chi connectivity index (χ2n) is 8.97. The minimum absolute atomic E-state index is 0.0304. The van der Waals surface area contributed by atoms with E-state index in [4.69, 9.17) is 9.47 Å². The summed E-state index contributed by atoms with van der Waals surface area (Å²) in [6, 6.07) is 16.0. The second-order valence-corrected chi connectivity index (χ2v) is 8.97. The Hall–Kier alpha value is -6.03. The van der Waals surface area contributed by atoms with Crippen molar-refractivity contribution in [2.24, 2.45) is 0 Å². The lowest BCUT2D eigenvalue weighted by molar-refractivity contribution is -0.110. The standard InChI is InChI=1S/C33H26N2O8/c1-42-28-17-20(9-13-24(28)30-26(32(38)39)5-3-15-34-30)7-11-22(36)19-23(37)12-8-21-10-14-25(29(18-21)43-2)31-27(33(40)41)6-4-16-35-31/h3-19,36H,1-2H3,(H,38,39)(H,40,41)/b11-7+,12-8+,22-19-. The Morgan fingerprint density at radius 3 is 1.58 bits per heavy atom. The summed E-state index contributed by atoms with van der Waals surface area (Å²) in [6.45, 7) is 0. The van der Waals surface area contributed by atoms with Crippen molar-refractivity contribution >= 4 is 29.9 Å². The number of aliphatic hydroxyl groups excluding tert-OH is 1. The van der Waals surface area contributed by atoms with Gasteiger partial charge in [-0.3, -0.25) is 14.8 Å². The van der Waals surface area contributed by atoms with Crippen molar-refractivity contribution in [2.45, 2.75) is 0 Å². The van der Waals surface area contributed by atoms with Gasteiger partial charge in [-0.25, -0.2) is 9.59 Å². The molecule has 216 valence electrons. The molecule has 0 saturated heterocycles. The highest BCUT2D eigenvalue weighted by Gasteiger charge is 2.17. The van der Waals surface area contributed by atoms with Crippen molar-refractivity contribution in [1.29, 1.82) is 0 Å². The number of ether oxygens (including phenoxy) is 2. The van der Waals surface area contributed by atoms with Gasteiger partial charge in [0, 0.05) is 29.6 Å². The molecule has 0 spiro atoms. The molecular weight excluding hydrogens is 552 g/mol. The predicted octanol–water partition coefficient (Wildman–Crippen LogP) is 5.96. The van der Waals surface area contributed by atoms with Crippen LogP contribution in [-0.4, -0.2) is 57.2 Å². The maximum Gasteiger partial charge on any atom is 0.337 e. The molecule has 2 aromatic heterocycles. The van der Waals surface area contributed by atoms with Gasteiger partial charge in [-0.2, -0.15) is 0 Å². The van der Waals surface area contributed by atoms with Gasteiger partial charge in [0.15, 0.2) is 5.78 Å². The van der Waals surface area contributed by atoms with E-state index in [-0.39, 0.29) is 28.3 Å². The van der Waals surface area contributed by atoms with Gasteiger partial charge in [0.05, 0.1) is 36.7 Å². The van der Waals surface area contributed by atoms with Crippen molar-refractivity contribution in [3.05, 3.63) is 119 Å². The van der Waals surface area contributed by atoms with Crippen LogP contribution in [0.1, 0.15) is 31.8 Å². The van der Waals surface area contributed by atoms with Crippen molar-refractivity contribution in [3.8, 4) is 34.0 Å². The summed E-state index contributed by atoms with van der Waals surface area (Å²) in [7, 11) is 2.90. The number of aliphatic hydroxyl groups is 1. The summed E-state index contributed by atoms with van der Waals surface area (Å²) in [5.41, 5.74) is 2.79. The van der Waals surface area contributed by atoms with Crippen LogP contribution in [0.3, 0.4) is 0 Å². The van der Waals surface area contributed by atoms with E-state index in [1.54, 1.807) is 42.5 Å². The number of benzene rings is 2. The van der Waals surface area contributed by atoms with E-state index >= 15 is 0 Å². The third-order valence-corrected chi connectivity index (χ3v) is 6.21. The normalized spacial score (nSPS) is 11.5. The highest BCUT2D eigenvalue weighted by molar-refractivity contribution is 6.02. The first kappa shape index (κ1) is 29.9. The molecule has 0 aliphatic carbocycles. The number of allylic oxidation sites excluding steroid dienone is 3. The molecule has 10 nitrogen and oxygen atoms in total. The number of carbonyl (C=O) groups excluding carboxylic acids is 1. The molecule has 0 aliphatic heterocycles. The molecule has 2 heterocycles. The molecule has 10 heteroatoms. The van der Waals surface area contributed by atoms with Crippen molar-refractivity contribution < 1.29 is 39.2 Å². The first-order valence-corrected chi connectivity index (χ1v) is 12.8. The summed E-state index contributed by atoms with van der Waals surface area (Å²) in [5, 5.41) is 29.3. The number of nitrogens with zero attached hydrogens (tertiary/aromatic N) is 2. The van der Waals surface area contributed by atoms with Crippen LogP contribution in [0.2, 0.25) is 0 Å². The van der Waals surface area contributed by atoms with E-state index in [9.17, 15) is 29.7 Å². The molecule has 0 atom stereocenters. The lowest BCUT2D eigenvalue weighted by Gasteiger charge is -2.11. The number of ketones is 1. The lowest BCUT2D eigenvalue weighted by atomic mass is 10.0. The number of aromatic nitrogens is 2. The molecule has 0 bridgehead atoms. The molecule has 0 unspecified atom stereocenters. The third-order valence-electron chi connectivity index (χ3n) is 6.21. The molecule has 0 aliphatic rings. The van der Waals surface area contributed by atoms with Crippen LogP contribution in [-0.2, 0) is 4.79 Å². The quantitative estimate of drug-likeness (QED) is 0.110. The molecule has 4 aromatic rings. The van der Waals surface area contributed by atoms with Crippen LogP contribution in [0.15, 0.2) is 97.0 Å². The van der Waals surface area contributed by atoms with E-state index in [2.05, 4.69) is 9.97 Å². The van der Waals surface area contributed by atoms with E-state index in [1.807, 2.05) is 0 Å². The van der Waals surface area contributed by atoms with Gasteiger partial charge in [-0.15, -0.1) is 0 Å². The summed E-state index contributed by atoms with van der Waals surface area (Å²) >= 11 is 0. The number of carboxylic acids is 2. The Kier molecular flexibility index (Phi) is 9.44. The number of hydrogen-bond donors (Lipinski definition) is 3. The van der Waals surface area contributed by atoms with Crippen LogP contribution >= 0.6 is 0 Å². The van der Waals surface area contributed by atoms with Crippen LogP contribution in [0.4, 0.5) is 0 Å². The molecule has 43 heavy (non-hydrogen) atoms. The lowest BCUT2D eigenvalue weighted by Crippen LogP contribution is -2.02. The van der Waals surface area contributed by atoms with E-state index < -0.39 is 17.7 Å². The van der Waals surface area contributed by atoms with Crippen LogP contribution in [0, 0.1) is 0 Å². The molecule has 3 N–H and O–H groups in total. The molecule has 0 saturated carbocycles. The zero-order valence-corrected chi connectivity index (χ0v) is 23.1. The van der Waals surface area contributed by atoms with Gasteiger partial charge < -0.3 is 24.8 Å². The summed E-state index contributed by atoms with van der Waals surface area (Å²) in [5.74, 6) is -2.24. The first-order valence-electron chi connectivity index (χ1n) is 12.8. The van der Waals surface area contributed by atoms with Gasteiger partial charge in [0.25, 0.3) is 0 Å². The van der Waals surface area contributed by atoms with Crippen LogP contribution < -0.4 is 9.47 Å². The molecule has 4 rings (SSSR count). The zero-order valence-electron chi connectivity index (χ0n) is 23.1. The van der Waals surface area contributed by atoms with Crippen molar-refractivity contribution in [3.63, 3.8) is 0 Å². The average Bonchev–Trinajstić information content (AvgIpc) is 3.02. The smallest absolute Gasteiger partial charge is 0.337 e. The number of carbonyl (C=O) groups is 3. The van der Waals surface area contributed by atoms with E-state index in [0.29, 0.717) is 33.8 Å². The molecule has 0 amide bonds. The van der Waals surface area contributed by atoms with Gasteiger partial charge in [-0.05, 0) is 71.8 Å². The fourth-order valence-corrected chi connectivity index (χ4v) is 4.20. The molecular formula is C33H26N2O8. The number of methoxy groups -OCH3 is 2. The fraction of sp³-hybridized carbons (Fsp3) is 0.0606. The highest BCUT2D eigenvalue weighted by atomic mass is 16.5. The number of rotatable bonds is 11. The van der Waals surface area contributed by atoms with E-state index in [1.165, 1.54) is 69.1 Å². The maximum atomic E-state index is 12.5. The predicted molar refractivity (Wildman–Crippen MR) is 160 cm³/mol. The van der Waals surface area contributed by atoms with Crippen molar-refractivity contribution in [1.82, 2.24) is 9.97 Å². The Morgan fingerprint density at radius 1 is 0.674 bits per heavy atom. The SMILES string of the molecule is COc1cc(/C=C/C(=O)/C=C(O)/C=C/c2ccc(-c3ncccc3C(=O)O)c(OC)c2)ccc1-c1ncccc1C(=O)O. The number of hydrogen-bond acceptors (Lipinski definition) is 8. The van der Waals surface area contributed by atoms with Gasteiger partial charge in [0.1, 0.15) is 17.3 Å².